The number of benzene rings is 1. The highest BCUT2D eigenvalue weighted by Gasteiger charge is 2.17. The molecule has 0 aliphatic heterocycles. The maximum atomic E-state index is 12.1. The van der Waals surface area contributed by atoms with Crippen molar-refractivity contribution < 1.29 is 9.53 Å². The Labute approximate surface area is 146 Å². The summed E-state index contributed by atoms with van der Waals surface area (Å²) in [5.41, 5.74) is 2.65. The minimum absolute atomic E-state index is 0.103. The van der Waals surface area contributed by atoms with Gasteiger partial charge in [-0.3, -0.25) is 9.59 Å². The summed E-state index contributed by atoms with van der Waals surface area (Å²) in [6.07, 6.45) is 4.38. The molecule has 0 unspecified atom stereocenters. The number of hydrogen-bond acceptors (Lipinski definition) is 4. The Morgan fingerprint density at radius 2 is 1.96 bits per heavy atom. The standard InChI is InChI=1S/C19H23N3O3/c1-13-7-8-16(11-14(13)2)22-19(24)10-9-18(21-22)25-12-17(23)20-15-5-3-4-6-15/h7-11,15H,3-6,12H2,1-2H3,(H,20,23). The zero-order chi connectivity index (χ0) is 17.8. The third kappa shape index (κ3) is 4.26. The minimum atomic E-state index is -0.244. The molecule has 2 aromatic rings. The number of aromatic nitrogens is 2. The SMILES string of the molecule is Cc1ccc(-n2nc(OCC(=O)NC3CCCC3)ccc2=O)cc1C. The number of ether oxygens (including phenoxy) is 1. The molecule has 6 nitrogen and oxygen atoms in total. The molecule has 0 bridgehead atoms. The van der Waals surface area contributed by atoms with Crippen LogP contribution < -0.4 is 15.6 Å². The van der Waals surface area contributed by atoms with Crippen LogP contribution in [0.2, 0.25) is 0 Å². The smallest absolute Gasteiger partial charge is 0.271 e. The summed E-state index contributed by atoms with van der Waals surface area (Å²) in [6, 6.07) is 8.83. The second-order valence-electron chi connectivity index (χ2n) is 6.53. The number of aryl methyl sites for hydroxylation is 2. The zero-order valence-corrected chi connectivity index (χ0v) is 14.6. The lowest BCUT2D eigenvalue weighted by atomic mass is 10.1. The van der Waals surface area contributed by atoms with Crippen LogP contribution in [0.4, 0.5) is 0 Å². The summed E-state index contributed by atoms with van der Waals surface area (Å²) in [4.78, 5) is 24.0. The Hall–Kier alpha value is -2.63. The molecular formula is C19H23N3O3. The van der Waals surface area contributed by atoms with Gasteiger partial charge in [-0.05, 0) is 49.9 Å². The topological polar surface area (TPSA) is 73.2 Å². The Bertz CT molecular complexity index is 823. The van der Waals surface area contributed by atoms with Gasteiger partial charge >= 0.3 is 0 Å². The molecule has 1 saturated carbocycles. The molecule has 1 aliphatic rings. The fraction of sp³-hybridized carbons (Fsp3) is 0.421. The van der Waals surface area contributed by atoms with Crippen molar-refractivity contribution in [1.29, 1.82) is 0 Å². The van der Waals surface area contributed by atoms with Crippen LogP contribution in [0.15, 0.2) is 35.1 Å². The second-order valence-corrected chi connectivity index (χ2v) is 6.53. The number of nitrogens with zero attached hydrogens (tertiary/aromatic N) is 2. The van der Waals surface area contributed by atoms with E-state index < -0.39 is 0 Å². The molecule has 1 heterocycles. The molecule has 132 valence electrons. The van der Waals surface area contributed by atoms with Gasteiger partial charge in [0.05, 0.1) is 5.69 Å². The highest BCUT2D eigenvalue weighted by molar-refractivity contribution is 5.77. The van der Waals surface area contributed by atoms with Crippen LogP contribution in [0.1, 0.15) is 36.8 Å². The highest BCUT2D eigenvalue weighted by atomic mass is 16.5. The fourth-order valence-electron chi connectivity index (χ4n) is 2.99. The predicted molar refractivity (Wildman–Crippen MR) is 95.2 cm³/mol. The average Bonchev–Trinajstić information content (AvgIpc) is 3.09. The lowest BCUT2D eigenvalue weighted by molar-refractivity contribution is -0.123. The van der Waals surface area contributed by atoms with Gasteiger partial charge in [-0.15, -0.1) is 5.10 Å². The first kappa shape index (κ1) is 17.2. The molecular weight excluding hydrogens is 318 g/mol. The van der Waals surface area contributed by atoms with Crippen LogP contribution in [0.25, 0.3) is 5.69 Å². The quantitative estimate of drug-likeness (QED) is 0.905. The molecule has 1 aliphatic carbocycles. The number of hydrogen-bond donors (Lipinski definition) is 1. The molecule has 1 N–H and O–H groups in total. The lowest BCUT2D eigenvalue weighted by Crippen LogP contribution is -2.36. The molecule has 0 atom stereocenters. The van der Waals surface area contributed by atoms with Crippen LogP contribution in [-0.2, 0) is 4.79 Å². The van der Waals surface area contributed by atoms with Crippen LogP contribution in [-0.4, -0.2) is 28.3 Å². The van der Waals surface area contributed by atoms with E-state index in [1.807, 2.05) is 32.0 Å². The van der Waals surface area contributed by atoms with E-state index in [1.54, 1.807) is 0 Å². The van der Waals surface area contributed by atoms with E-state index in [9.17, 15) is 9.59 Å². The van der Waals surface area contributed by atoms with Gasteiger partial charge in [0, 0.05) is 18.2 Å². The normalized spacial score (nSPS) is 14.5. The van der Waals surface area contributed by atoms with Crippen molar-refractivity contribution in [3.05, 3.63) is 51.8 Å². The zero-order valence-electron chi connectivity index (χ0n) is 14.6. The van der Waals surface area contributed by atoms with Crippen LogP contribution in [0, 0.1) is 13.8 Å². The number of nitrogens with one attached hydrogen (secondary N) is 1. The maximum absolute atomic E-state index is 12.1. The van der Waals surface area contributed by atoms with E-state index >= 15 is 0 Å². The van der Waals surface area contributed by atoms with Crippen molar-refractivity contribution in [3.63, 3.8) is 0 Å². The fourth-order valence-corrected chi connectivity index (χ4v) is 2.99. The van der Waals surface area contributed by atoms with Crippen molar-refractivity contribution in [2.24, 2.45) is 0 Å². The first-order valence-electron chi connectivity index (χ1n) is 8.63. The van der Waals surface area contributed by atoms with Crippen molar-refractivity contribution in [3.8, 4) is 11.6 Å². The van der Waals surface area contributed by atoms with Crippen LogP contribution >= 0.6 is 0 Å². The number of carbonyl (C=O) groups excluding carboxylic acids is 1. The molecule has 25 heavy (non-hydrogen) atoms. The summed E-state index contributed by atoms with van der Waals surface area (Å²) in [5.74, 6) is 0.0945. The van der Waals surface area contributed by atoms with E-state index in [1.165, 1.54) is 16.8 Å². The van der Waals surface area contributed by atoms with Gasteiger partial charge in [0.15, 0.2) is 6.61 Å². The third-order valence-corrected chi connectivity index (χ3v) is 4.58. The molecule has 1 aromatic heterocycles. The van der Waals surface area contributed by atoms with E-state index in [-0.39, 0.29) is 30.0 Å². The monoisotopic (exact) mass is 341 g/mol. The third-order valence-electron chi connectivity index (χ3n) is 4.58. The molecule has 1 amide bonds. The number of rotatable bonds is 5. The summed E-state index contributed by atoms with van der Waals surface area (Å²) in [7, 11) is 0. The average molecular weight is 341 g/mol. The number of carbonyl (C=O) groups is 1. The van der Waals surface area contributed by atoms with Gasteiger partial charge in [-0.25, -0.2) is 0 Å². The molecule has 1 aromatic carbocycles. The maximum Gasteiger partial charge on any atom is 0.271 e. The van der Waals surface area contributed by atoms with E-state index in [0.717, 1.165) is 36.8 Å². The van der Waals surface area contributed by atoms with Gasteiger partial charge in [-0.1, -0.05) is 18.9 Å². The Morgan fingerprint density at radius 3 is 2.68 bits per heavy atom. The van der Waals surface area contributed by atoms with E-state index in [0.29, 0.717) is 5.69 Å². The largest absolute Gasteiger partial charge is 0.467 e. The first-order chi connectivity index (χ1) is 12.0. The molecule has 6 heteroatoms. The van der Waals surface area contributed by atoms with Gasteiger partial charge in [0.2, 0.25) is 5.88 Å². The van der Waals surface area contributed by atoms with Gasteiger partial charge in [0.1, 0.15) is 0 Å². The van der Waals surface area contributed by atoms with Gasteiger partial charge < -0.3 is 10.1 Å². The van der Waals surface area contributed by atoms with Crippen molar-refractivity contribution >= 4 is 5.91 Å². The lowest BCUT2D eigenvalue weighted by Gasteiger charge is -2.13. The molecule has 0 spiro atoms. The summed E-state index contributed by atoms with van der Waals surface area (Å²) in [5, 5.41) is 7.18. The molecule has 3 rings (SSSR count). The van der Waals surface area contributed by atoms with E-state index in [4.69, 9.17) is 4.74 Å². The summed E-state index contributed by atoms with van der Waals surface area (Å²) < 4.78 is 6.75. The molecule has 1 fully saturated rings. The Balaban J connectivity index is 1.69. The predicted octanol–water partition coefficient (Wildman–Crippen LogP) is 2.29. The Kier molecular flexibility index (Phi) is 5.16. The van der Waals surface area contributed by atoms with Gasteiger partial charge in [0.25, 0.3) is 11.5 Å². The summed E-state index contributed by atoms with van der Waals surface area (Å²) in [6.45, 7) is 3.89. The molecule has 0 radical (unpaired) electrons. The van der Waals surface area contributed by atoms with Gasteiger partial charge in [-0.2, -0.15) is 4.68 Å². The number of amides is 1. The van der Waals surface area contributed by atoms with Crippen molar-refractivity contribution in [1.82, 2.24) is 15.1 Å². The minimum Gasteiger partial charge on any atom is -0.467 e. The van der Waals surface area contributed by atoms with Crippen LogP contribution in [0.3, 0.4) is 0 Å². The summed E-state index contributed by atoms with van der Waals surface area (Å²) >= 11 is 0. The van der Waals surface area contributed by atoms with Crippen molar-refractivity contribution in [2.45, 2.75) is 45.6 Å². The van der Waals surface area contributed by atoms with Crippen LogP contribution in [0.5, 0.6) is 5.88 Å². The van der Waals surface area contributed by atoms with Crippen molar-refractivity contribution in [2.75, 3.05) is 6.61 Å². The first-order valence-corrected chi connectivity index (χ1v) is 8.63. The highest BCUT2D eigenvalue weighted by Crippen LogP contribution is 2.17. The second kappa shape index (κ2) is 7.51. The molecule has 0 saturated heterocycles. The van der Waals surface area contributed by atoms with E-state index in [2.05, 4.69) is 10.4 Å². The Morgan fingerprint density at radius 1 is 1.20 bits per heavy atom.